The van der Waals surface area contributed by atoms with Gasteiger partial charge in [-0.05, 0) is 55.7 Å². The molecule has 0 radical (unpaired) electrons. The fourth-order valence-electron chi connectivity index (χ4n) is 4.96. The smallest absolute Gasteiger partial charge is 0.322 e. The van der Waals surface area contributed by atoms with Gasteiger partial charge in [-0.1, -0.05) is 0 Å². The Balaban J connectivity index is 1.18. The van der Waals surface area contributed by atoms with Crippen molar-refractivity contribution in [3.63, 3.8) is 0 Å². The van der Waals surface area contributed by atoms with Crippen molar-refractivity contribution in [2.45, 2.75) is 32.4 Å². The number of hydrogen-bond acceptors (Lipinski definition) is 5. The van der Waals surface area contributed by atoms with Gasteiger partial charge in [0.25, 0.3) is 5.91 Å². The van der Waals surface area contributed by atoms with Gasteiger partial charge in [0.1, 0.15) is 0 Å². The topological polar surface area (TPSA) is 80.8 Å². The van der Waals surface area contributed by atoms with E-state index in [1.165, 1.54) is 0 Å². The largest absolute Gasteiger partial charge is 0.369 e. The van der Waals surface area contributed by atoms with Gasteiger partial charge in [0, 0.05) is 63.3 Å². The molecule has 0 aliphatic carbocycles. The lowest BCUT2D eigenvalue weighted by atomic mass is 10.1. The molecule has 2 fully saturated rings. The molecule has 3 aliphatic heterocycles. The highest BCUT2D eigenvalue weighted by molar-refractivity contribution is 5.94. The number of nitrogens with zero attached hydrogens (tertiary/aromatic N) is 4. The second-order valence-electron chi connectivity index (χ2n) is 8.73. The highest BCUT2D eigenvalue weighted by Gasteiger charge is 2.37. The van der Waals surface area contributed by atoms with Crippen LogP contribution in [0.2, 0.25) is 0 Å². The maximum atomic E-state index is 12.4. The van der Waals surface area contributed by atoms with Gasteiger partial charge >= 0.3 is 6.03 Å². The minimum Gasteiger partial charge on any atom is -0.369 e. The molecule has 168 valence electrons. The van der Waals surface area contributed by atoms with E-state index in [0.717, 1.165) is 74.7 Å². The van der Waals surface area contributed by atoms with Crippen molar-refractivity contribution >= 4 is 23.3 Å². The molecule has 0 spiro atoms. The summed E-state index contributed by atoms with van der Waals surface area (Å²) >= 11 is 0. The predicted octanol–water partition coefficient (Wildman–Crippen LogP) is 2.84. The van der Waals surface area contributed by atoms with Crippen LogP contribution in [0, 0.1) is 0 Å². The van der Waals surface area contributed by atoms with E-state index >= 15 is 0 Å². The molecule has 1 atom stereocenters. The first-order chi connectivity index (χ1) is 15.6. The maximum Gasteiger partial charge on any atom is 0.322 e. The molecule has 2 N–H and O–H groups in total. The number of urea groups is 1. The predicted molar refractivity (Wildman–Crippen MR) is 124 cm³/mol. The van der Waals surface area contributed by atoms with Crippen LogP contribution in [0.15, 0.2) is 36.5 Å². The minimum absolute atomic E-state index is 0.00533. The Morgan fingerprint density at radius 1 is 1.16 bits per heavy atom. The number of fused-ring (bicyclic) bond motifs is 3. The number of carbonyl (C=O) groups is 2. The van der Waals surface area contributed by atoms with Crippen LogP contribution in [-0.2, 0) is 6.54 Å². The molecule has 8 heteroatoms. The Hall–Kier alpha value is -3.13. The number of aromatic nitrogens is 1. The lowest BCUT2D eigenvalue weighted by Gasteiger charge is -2.36. The Bertz CT molecular complexity index is 1000. The molecule has 1 unspecified atom stereocenters. The summed E-state index contributed by atoms with van der Waals surface area (Å²) in [5, 5.41) is 5.86. The van der Waals surface area contributed by atoms with Crippen molar-refractivity contribution in [3.05, 3.63) is 53.3 Å². The number of hydrogen-bond donors (Lipinski definition) is 2. The molecule has 32 heavy (non-hydrogen) atoms. The highest BCUT2D eigenvalue weighted by Crippen LogP contribution is 2.38. The lowest BCUT2D eigenvalue weighted by Crippen LogP contribution is -2.46. The van der Waals surface area contributed by atoms with Crippen molar-refractivity contribution in [2.75, 3.05) is 49.5 Å². The van der Waals surface area contributed by atoms with E-state index in [-0.39, 0.29) is 18.0 Å². The van der Waals surface area contributed by atoms with Crippen LogP contribution in [0.4, 0.5) is 16.2 Å². The third-order valence-electron chi connectivity index (χ3n) is 6.66. The van der Waals surface area contributed by atoms with E-state index in [1.807, 2.05) is 42.3 Å². The number of anilines is 2. The standard InChI is InChI=1S/C24H30N6O2/c1-2-25-23(31)18-5-7-19(8-6-18)29-12-10-28(11-13-29)16-17-14-20-22(26-15-17)21-4-3-9-30(21)24(32)27-20/h5-8,14-15,21H,2-4,9-13,16H2,1H3,(H,25,31)(H,27,32). The molecule has 2 saturated heterocycles. The summed E-state index contributed by atoms with van der Waals surface area (Å²) in [4.78, 5) is 35.7. The molecule has 5 rings (SSSR count). The molecule has 0 bridgehead atoms. The SMILES string of the molecule is CCNC(=O)c1ccc(N2CCN(Cc3cnc4c(c3)NC(=O)N3CCCC43)CC2)cc1. The summed E-state index contributed by atoms with van der Waals surface area (Å²) in [6.07, 6.45) is 4.01. The number of nitrogens with one attached hydrogen (secondary N) is 2. The lowest BCUT2D eigenvalue weighted by molar-refractivity contribution is 0.0956. The summed E-state index contributed by atoms with van der Waals surface area (Å²) in [5.74, 6) is -0.0284. The highest BCUT2D eigenvalue weighted by atomic mass is 16.2. The summed E-state index contributed by atoms with van der Waals surface area (Å²) in [5.41, 5.74) is 4.86. The van der Waals surface area contributed by atoms with Gasteiger partial charge < -0.3 is 20.4 Å². The zero-order valence-corrected chi connectivity index (χ0v) is 18.5. The Kier molecular flexibility index (Phi) is 5.70. The molecular weight excluding hydrogens is 404 g/mol. The van der Waals surface area contributed by atoms with E-state index in [9.17, 15) is 9.59 Å². The molecule has 3 aliphatic rings. The van der Waals surface area contributed by atoms with E-state index in [2.05, 4.69) is 26.5 Å². The second-order valence-corrected chi connectivity index (χ2v) is 8.73. The fourth-order valence-corrected chi connectivity index (χ4v) is 4.96. The van der Waals surface area contributed by atoms with Gasteiger partial charge in [-0.15, -0.1) is 0 Å². The van der Waals surface area contributed by atoms with Crippen LogP contribution in [0.1, 0.15) is 47.4 Å². The van der Waals surface area contributed by atoms with Crippen molar-refractivity contribution < 1.29 is 9.59 Å². The van der Waals surface area contributed by atoms with E-state index in [0.29, 0.717) is 12.1 Å². The molecule has 2 aromatic rings. The molecule has 1 aromatic heterocycles. The van der Waals surface area contributed by atoms with Crippen LogP contribution >= 0.6 is 0 Å². The second kappa shape index (κ2) is 8.78. The Morgan fingerprint density at radius 3 is 2.69 bits per heavy atom. The van der Waals surface area contributed by atoms with Crippen LogP contribution in [-0.4, -0.2) is 66.0 Å². The van der Waals surface area contributed by atoms with Crippen molar-refractivity contribution in [1.29, 1.82) is 0 Å². The van der Waals surface area contributed by atoms with E-state index in [4.69, 9.17) is 4.98 Å². The first-order valence-corrected chi connectivity index (χ1v) is 11.5. The normalized spacial score (nSPS) is 20.5. The van der Waals surface area contributed by atoms with Crippen LogP contribution in [0.3, 0.4) is 0 Å². The first-order valence-electron chi connectivity index (χ1n) is 11.5. The monoisotopic (exact) mass is 434 g/mol. The molecule has 0 saturated carbocycles. The number of pyridine rings is 1. The van der Waals surface area contributed by atoms with Gasteiger partial charge in [0.2, 0.25) is 0 Å². The summed E-state index contributed by atoms with van der Waals surface area (Å²) in [6, 6.07) is 10.1. The molecule has 4 heterocycles. The summed E-state index contributed by atoms with van der Waals surface area (Å²) < 4.78 is 0. The minimum atomic E-state index is -0.0284. The fraction of sp³-hybridized carbons (Fsp3) is 0.458. The Labute approximate surface area is 188 Å². The van der Waals surface area contributed by atoms with Crippen molar-refractivity contribution in [1.82, 2.24) is 20.1 Å². The third kappa shape index (κ3) is 4.02. The Morgan fingerprint density at radius 2 is 1.94 bits per heavy atom. The summed E-state index contributed by atoms with van der Waals surface area (Å²) in [6.45, 7) is 7.99. The quantitative estimate of drug-likeness (QED) is 0.756. The number of rotatable bonds is 5. The average molecular weight is 435 g/mol. The first kappa shape index (κ1) is 20.8. The number of carbonyl (C=O) groups excluding carboxylic acids is 2. The molecule has 8 nitrogen and oxygen atoms in total. The van der Waals surface area contributed by atoms with Crippen LogP contribution in [0.5, 0.6) is 0 Å². The average Bonchev–Trinajstić information content (AvgIpc) is 3.31. The zero-order chi connectivity index (χ0) is 22.1. The molecule has 3 amide bonds. The maximum absolute atomic E-state index is 12.4. The third-order valence-corrected chi connectivity index (χ3v) is 6.66. The van der Waals surface area contributed by atoms with Gasteiger partial charge in [-0.25, -0.2) is 4.79 Å². The van der Waals surface area contributed by atoms with Gasteiger partial charge in [0.15, 0.2) is 0 Å². The van der Waals surface area contributed by atoms with E-state index in [1.54, 1.807) is 0 Å². The van der Waals surface area contributed by atoms with Crippen LogP contribution < -0.4 is 15.5 Å². The summed E-state index contributed by atoms with van der Waals surface area (Å²) in [7, 11) is 0. The van der Waals surface area contributed by atoms with Gasteiger partial charge in [-0.2, -0.15) is 0 Å². The van der Waals surface area contributed by atoms with E-state index < -0.39 is 0 Å². The van der Waals surface area contributed by atoms with Crippen LogP contribution in [0.25, 0.3) is 0 Å². The van der Waals surface area contributed by atoms with Gasteiger partial charge in [-0.3, -0.25) is 14.7 Å². The number of piperazine rings is 1. The number of benzene rings is 1. The number of amides is 3. The van der Waals surface area contributed by atoms with Crippen molar-refractivity contribution in [3.8, 4) is 0 Å². The zero-order valence-electron chi connectivity index (χ0n) is 18.5. The van der Waals surface area contributed by atoms with Crippen molar-refractivity contribution in [2.24, 2.45) is 0 Å². The van der Waals surface area contributed by atoms with Gasteiger partial charge in [0.05, 0.1) is 17.4 Å². The molecular formula is C24H30N6O2. The molecule has 1 aromatic carbocycles.